The van der Waals surface area contributed by atoms with Crippen LogP contribution in [-0.2, 0) is 0 Å². The lowest BCUT2D eigenvalue weighted by Gasteiger charge is -2.64. The van der Waals surface area contributed by atoms with Crippen LogP contribution in [0.3, 0.4) is 0 Å². The maximum Gasteiger partial charge on any atom is 0.0759 e. The van der Waals surface area contributed by atoms with Gasteiger partial charge in [0.1, 0.15) is 0 Å². The van der Waals surface area contributed by atoms with Gasteiger partial charge in [0.15, 0.2) is 0 Å². The molecule has 6 aliphatic carbocycles. The predicted molar refractivity (Wildman–Crippen MR) is 105 cm³/mol. The van der Waals surface area contributed by atoms with Crippen molar-refractivity contribution in [3.8, 4) is 0 Å². The molecule has 28 heavy (non-hydrogen) atoms. The summed E-state index contributed by atoms with van der Waals surface area (Å²) in [5, 5.41) is 43.4. The predicted octanol–water partition coefficient (Wildman–Crippen LogP) is 2.72. The van der Waals surface area contributed by atoms with Gasteiger partial charge in [0.25, 0.3) is 0 Å². The molecule has 4 heteroatoms. The third-order valence-electron chi connectivity index (χ3n) is 11.5. The Morgan fingerprint density at radius 2 is 1.61 bits per heavy atom. The van der Waals surface area contributed by atoms with Gasteiger partial charge in [-0.05, 0) is 104 Å². The van der Waals surface area contributed by atoms with Gasteiger partial charge in [0.2, 0.25) is 0 Å². The minimum absolute atomic E-state index is 0.0238. The molecule has 0 saturated heterocycles. The Balaban J connectivity index is 1.38. The summed E-state index contributed by atoms with van der Waals surface area (Å²) < 4.78 is 0. The number of hydrogen-bond donors (Lipinski definition) is 4. The fourth-order valence-corrected chi connectivity index (χ4v) is 10.1. The van der Waals surface area contributed by atoms with Crippen LogP contribution in [0.25, 0.3) is 0 Å². The second kappa shape index (κ2) is 5.36. The monoisotopic (exact) mass is 393 g/mol. The molecule has 0 amide bonds. The van der Waals surface area contributed by atoms with E-state index in [0.29, 0.717) is 54.3 Å². The lowest BCUT2D eigenvalue weighted by atomic mass is 9.42. The standard InChI is InChI=1S/C24H38O4/c1-21-7-4-13(26)12-24(21,28)17-10-14(17)19-16(21)5-8-22(2)20(19)15-11-18(15)23(22,27)6-3-9-25/h13-20,25-28H,3-12H2,1-2H3/t13-,14-,15+,16?,17+,18-,19+,20?,21+,22-,23-,24+/m0/s1/i3+1,6+1,9+1. The third kappa shape index (κ3) is 1.89. The van der Waals surface area contributed by atoms with Crippen LogP contribution in [0, 0.1) is 52.3 Å². The maximum atomic E-state index is 11.9. The van der Waals surface area contributed by atoms with Crippen molar-refractivity contribution in [3.05, 3.63) is 0 Å². The molecule has 6 fully saturated rings. The molecule has 0 aromatic carbocycles. The van der Waals surface area contributed by atoms with Crippen LogP contribution in [0.5, 0.6) is 0 Å². The molecule has 0 spiro atoms. The van der Waals surface area contributed by atoms with Crippen molar-refractivity contribution < 1.29 is 20.4 Å². The average molecular weight is 394 g/mol. The summed E-state index contributed by atoms with van der Waals surface area (Å²) in [4.78, 5) is 0. The molecule has 6 aliphatic rings. The second-order valence-corrected chi connectivity index (χ2v) is 12.2. The highest BCUT2D eigenvalue weighted by molar-refractivity contribution is 5.29. The Hall–Kier alpha value is -0.160. The molecule has 2 unspecified atom stereocenters. The molecule has 0 radical (unpaired) electrons. The largest absolute Gasteiger partial charge is 0.396 e. The van der Waals surface area contributed by atoms with Crippen LogP contribution in [0.4, 0.5) is 0 Å². The normalized spacial score (nSPS) is 66.2. The van der Waals surface area contributed by atoms with Crippen LogP contribution >= 0.6 is 0 Å². The van der Waals surface area contributed by atoms with Crippen molar-refractivity contribution >= 4 is 0 Å². The summed E-state index contributed by atoms with van der Waals surface area (Å²) in [5.41, 5.74) is -1.38. The van der Waals surface area contributed by atoms with E-state index < -0.39 is 11.2 Å². The van der Waals surface area contributed by atoms with Crippen LogP contribution in [0.1, 0.15) is 71.6 Å². The zero-order chi connectivity index (χ0) is 19.7. The van der Waals surface area contributed by atoms with Crippen LogP contribution in [0.2, 0.25) is 0 Å². The number of rotatable bonds is 3. The number of hydrogen-bond acceptors (Lipinski definition) is 4. The fourth-order valence-electron chi connectivity index (χ4n) is 10.1. The molecule has 4 N–H and O–H groups in total. The lowest BCUT2D eigenvalue weighted by molar-refractivity contribution is -0.237. The summed E-state index contributed by atoms with van der Waals surface area (Å²) in [5.74, 6) is 3.82. The van der Waals surface area contributed by atoms with Gasteiger partial charge < -0.3 is 20.4 Å². The Kier molecular flexibility index (Phi) is 3.56. The molecule has 0 bridgehead atoms. The number of aliphatic hydroxyl groups is 4. The molecular formula is C24H38O4. The van der Waals surface area contributed by atoms with Gasteiger partial charge in [0, 0.05) is 13.0 Å². The van der Waals surface area contributed by atoms with E-state index in [9.17, 15) is 20.4 Å². The molecule has 0 aliphatic heterocycles. The highest BCUT2D eigenvalue weighted by atomic mass is 16.3. The van der Waals surface area contributed by atoms with Gasteiger partial charge in [-0.1, -0.05) is 13.8 Å². The average Bonchev–Trinajstić information content (AvgIpc) is 3.54. The van der Waals surface area contributed by atoms with Gasteiger partial charge >= 0.3 is 0 Å². The van der Waals surface area contributed by atoms with Crippen molar-refractivity contribution in [2.75, 3.05) is 6.61 Å². The quantitative estimate of drug-likeness (QED) is 0.556. The molecular weight excluding hydrogens is 355 g/mol. The Morgan fingerprint density at radius 3 is 2.36 bits per heavy atom. The van der Waals surface area contributed by atoms with E-state index in [4.69, 9.17) is 0 Å². The number of aliphatic hydroxyl groups excluding tert-OH is 2. The molecule has 158 valence electrons. The van der Waals surface area contributed by atoms with E-state index in [-0.39, 0.29) is 23.5 Å². The van der Waals surface area contributed by atoms with Crippen LogP contribution < -0.4 is 0 Å². The highest BCUT2D eigenvalue weighted by Gasteiger charge is 2.80. The van der Waals surface area contributed by atoms with E-state index in [0.717, 1.165) is 38.5 Å². The summed E-state index contributed by atoms with van der Waals surface area (Å²) in [6.07, 6.45) is 7.91. The lowest BCUT2D eigenvalue weighted by Crippen LogP contribution is -2.65. The van der Waals surface area contributed by atoms with E-state index in [1.807, 2.05) is 0 Å². The Bertz CT molecular complexity index is 696. The van der Waals surface area contributed by atoms with E-state index in [1.165, 1.54) is 6.42 Å². The first-order chi connectivity index (χ1) is 13.2. The van der Waals surface area contributed by atoms with Gasteiger partial charge in [-0.2, -0.15) is 0 Å². The van der Waals surface area contributed by atoms with Gasteiger partial charge in [0.05, 0.1) is 17.3 Å². The molecule has 4 nitrogen and oxygen atoms in total. The van der Waals surface area contributed by atoms with Crippen molar-refractivity contribution in [1.82, 2.24) is 0 Å². The minimum Gasteiger partial charge on any atom is -0.396 e. The van der Waals surface area contributed by atoms with E-state index in [1.54, 1.807) is 0 Å². The van der Waals surface area contributed by atoms with Gasteiger partial charge in [-0.25, -0.2) is 0 Å². The number of fused-ring (bicyclic) bond motifs is 10. The summed E-state index contributed by atoms with van der Waals surface area (Å²) in [6.45, 7) is 4.87. The first-order valence-electron chi connectivity index (χ1n) is 11.9. The SMILES string of the molecule is C[C@]12CCC3[C@H](C1[C@@H]1C[C@@H]1[C@@]2(O)[13CH2][13CH2][13CH2]O)[C@H]1C[C@H]1[C@]1(O)C[C@@H](O)CC[C@]31C. The second-order valence-electron chi connectivity index (χ2n) is 12.2. The minimum atomic E-state index is -0.682. The third-order valence-corrected chi connectivity index (χ3v) is 11.5. The zero-order valence-electron chi connectivity index (χ0n) is 17.5. The summed E-state index contributed by atoms with van der Waals surface area (Å²) in [7, 11) is 0. The zero-order valence-corrected chi connectivity index (χ0v) is 17.5. The smallest absolute Gasteiger partial charge is 0.0759 e. The van der Waals surface area contributed by atoms with Gasteiger partial charge in [-0.15, -0.1) is 0 Å². The van der Waals surface area contributed by atoms with Crippen molar-refractivity contribution in [2.45, 2.75) is 88.9 Å². The highest BCUT2D eigenvalue weighted by Crippen LogP contribution is 2.82. The van der Waals surface area contributed by atoms with E-state index in [2.05, 4.69) is 13.8 Å². The fraction of sp³-hybridized carbons (Fsp3) is 1.00. The first kappa shape index (κ1) is 18.6. The summed E-state index contributed by atoms with van der Waals surface area (Å²) >= 11 is 0. The molecule has 0 heterocycles. The van der Waals surface area contributed by atoms with E-state index >= 15 is 0 Å². The van der Waals surface area contributed by atoms with Gasteiger partial charge in [-0.3, -0.25) is 0 Å². The van der Waals surface area contributed by atoms with Crippen LogP contribution in [-0.4, -0.2) is 44.3 Å². The molecule has 0 aromatic heterocycles. The molecule has 12 atom stereocenters. The molecule has 6 saturated carbocycles. The maximum absolute atomic E-state index is 11.9. The first-order valence-corrected chi connectivity index (χ1v) is 11.9. The molecule has 6 rings (SSSR count). The Labute approximate surface area is 168 Å². The van der Waals surface area contributed by atoms with Crippen molar-refractivity contribution in [3.63, 3.8) is 0 Å². The van der Waals surface area contributed by atoms with Crippen molar-refractivity contribution in [2.24, 2.45) is 52.3 Å². The Morgan fingerprint density at radius 1 is 0.893 bits per heavy atom. The molecule has 0 aromatic rings. The topological polar surface area (TPSA) is 80.9 Å². The van der Waals surface area contributed by atoms with Crippen LogP contribution in [0.15, 0.2) is 0 Å². The summed E-state index contributed by atoms with van der Waals surface area (Å²) in [6, 6.07) is 0. The van der Waals surface area contributed by atoms with Crippen molar-refractivity contribution in [1.29, 1.82) is 0 Å².